The zero-order chi connectivity index (χ0) is 15.1. The summed E-state index contributed by atoms with van der Waals surface area (Å²) in [4.78, 5) is 0. The lowest BCUT2D eigenvalue weighted by molar-refractivity contribution is 0.311. The van der Waals surface area contributed by atoms with E-state index in [4.69, 9.17) is 5.84 Å². The Labute approximate surface area is 125 Å². The van der Waals surface area contributed by atoms with Gasteiger partial charge in [-0.1, -0.05) is 44.4 Å². The molecule has 0 spiro atoms. The molecule has 0 aliphatic carbocycles. The Hall–Kier alpha value is -0.860. The molecule has 2 heteroatoms. The van der Waals surface area contributed by atoms with Crippen molar-refractivity contribution in [3.05, 3.63) is 34.4 Å². The van der Waals surface area contributed by atoms with Gasteiger partial charge in [0.2, 0.25) is 0 Å². The molecule has 20 heavy (non-hydrogen) atoms. The van der Waals surface area contributed by atoms with E-state index in [0.717, 1.165) is 6.42 Å². The minimum Gasteiger partial charge on any atom is -0.271 e. The SMILES string of the molecule is CCCC(CCC)C(Cc1c(C)cc(C)cc1C)NN. The lowest BCUT2D eigenvalue weighted by Crippen LogP contribution is -2.42. The van der Waals surface area contributed by atoms with Gasteiger partial charge in [-0.05, 0) is 62.6 Å². The molecule has 2 nitrogen and oxygen atoms in total. The van der Waals surface area contributed by atoms with Gasteiger partial charge in [0.1, 0.15) is 0 Å². The molecule has 0 saturated heterocycles. The summed E-state index contributed by atoms with van der Waals surface area (Å²) >= 11 is 0. The van der Waals surface area contributed by atoms with Crippen molar-refractivity contribution in [3.63, 3.8) is 0 Å². The second-order valence-electron chi connectivity index (χ2n) is 6.19. The fourth-order valence-corrected chi connectivity index (χ4v) is 3.40. The monoisotopic (exact) mass is 276 g/mol. The van der Waals surface area contributed by atoms with E-state index < -0.39 is 0 Å². The van der Waals surface area contributed by atoms with Crippen molar-refractivity contribution >= 4 is 0 Å². The summed E-state index contributed by atoms with van der Waals surface area (Å²) < 4.78 is 0. The Morgan fingerprint density at radius 3 is 1.90 bits per heavy atom. The van der Waals surface area contributed by atoms with Gasteiger partial charge >= 0.3 is 0 Å². The van der Waals surface area contributed by atoms with Gasteiger partial charge in [0.25, 0.3) is 0 Å². The smallest absolute Gasteiger partial charge is 0.0279 e. The molecule has 0 aromatic heterocycles. The molecule has 1 aromatic carbocycles. The van der Waals surface area contributed by atoms with E-state index in [1.807, 2.05) is 0 Å². The van der Waals surface area contributed by atoms with Crippen LogP contribution < -0.4 is 11.3 Å². The number of benzene rings is 1. The Kier molecular flexibility index (Phi) is 7.25. The number of hydrazine groups is 1. The first kappa shape index (κ1) is 17.2. The van der Waals surface area contributed by atoms with Crippen LogP contribution in [0.1, 0.15) is 61.8 Å². The molecule has 0 amide bonds. The number of rotatable bonds is 8. The maximum atomic E-state index is 5.86. The summed E-state index contributed by atoms with van der Waals surface area (Å²) in [6.45, 7) is 11.1. The second-order valence-corrected chi connectivity index (χ2v) is 6.19. The largest absolute Gasteiger partial charge is 0.271 e. The molecule has 0 aliphatic heterocycles. The van der Waals surface area contributed by atoms with E-state index >= 15 is 0 Å². The van der Waals surface area contributed by atoms with E-state index in [2.05, 4.69) is 52.2 Å². The van der Waals surface area contributed by atoms with E-state index in [1.165, 1.54) is 47.9 Å². The Morgan fingerprint density at radius 2 is 1.50 bits per heavy atom. The summed E-state index contributed by atoms with van der Waals surface area (Å²) in [7, 11) is 0. The average molecular weight is 276 g/mol. The van der Waals surface area contributed by atoms with Gasteiger partial charge in [0, 0.05) is 6.04 Å². The first-order valence-electron chi connectivity index (χ1n) is 8.06. The molecule has 0 bridgehead atoms. The summed E-state index contributed by atoms with van der Waals surface area (Å²) in [6.07, 6.45) is 6.02. The standard InChI is InChI=1S/C18H32N2/c1-6-8-16(9-7-2)18(20-19)12-17-14(4)10-13(3)11-15(17)5/h10-11,16,18,20H,6-9,12,19H2,1-5H3. The molecule has 0 radical (unpaired) electrons. The molecule has 0 heterocycles. The predicted octanol–water partition coefficient (Wildman–Crippen LogP) is 4.20. The highest BCUT2D eigenvalue weighted by Gasteiger charge is 2.20. The molecule has 114 valence electrons. The van der Waals surface area contributed by atoms with E-state index in [-0.39, 0.29) is 0 Å². The number of nitrogens with two attached hydrogens (primary N) is 1. The Morgan fingerprint density at radius 1 is 1.00 bits per heavy atom. The van der Waals surface area contributed by atoms with Crippen LogP contribution in [0.2, 0.25) is 0 Å². The van der Waals surface area contributed by atoms with Crippen LogP contribution in [0.4, 0.5) is 0 Å². The van der Waals surface area contributed by atoms with Crippen molar-refractivity contribution in [3.8, 4) is 0 Å². The third-order valence-electron chi connectivity index (χ3n) is 4.37. The van der Waals surface area contributed by atoms with Crippen LogP contribution in [0, 0.1) is 26.7 Å². The van der Waals surface area contributed by atoms with E-state index in [0.29, 0.717) is 12.0 Å². The zero-order valence-electron chi connectivity index (χ0n) is 13.9. The van der Waals surface area contributed by atoms with E-state index in [1.54, 1.807) is 0 Å². The quantitative estimate of drug-likeness (QED) is 0.551. The summed E-state index contributed by atoms with van der Waals surface area (Å²) in [5, 5.41) is 0. The Balaban J connectivity index is 2.92. The van der Waals surface area contributed by atoms with Gasteiger partial charge in [-0.25, -0.2) is 0 Å². The number of nitrogens with one attached hydrogen (secondary N) is 1. The number of hydrogen-bond donors (Lipinski definition) is 2. The molecule has 0 saturated carbocycles. The van der Waals surface area contributed by atoms with Crippen molar-refractivity contribution in [1.82, 2.24) is 5.43 Å². The molecule has 1 atom stereocenters. The maximum Gasteiger partial charge on any atom is 0.0279 e. The summed E-state index contributed by atoms with van der Waals surface area (Å²) in [5.41, 5.74) is 8.70. The zero-order valence-corrected chi connectivity index (χ0v) is 13.9. The molecular formula is C18H32N2. The van der Waals surface area contributed by atoms with Crippen LogP contribution in [-0.4, -0.2) is 6.04 Å². The summed E-state index contributed by atoms with van der Waals surface area (Å²) in [6, 6.07) is 4.95. The van der Waals surface area contributed by atoms with Crippen molar-refractivity contribution in [2.45, 2.75) is 72.8 Å². The van der Waals surface area contributed by atoms with Crippen molar-refractivity contribution in [2.75, 3.05) is 0 Å². The number of aryl methyl sites for hydroxylation is 3. The molecular weight excluding hydrogens is 244 g/mol. The van der Waals surface area contributed by atoms with Gasteiger partial charge in [-0.2, -0.15) is 0 Å². The topological polar surface area (TPSA) is 38.0 Å². The molecule has 1 unspecified atom stereocenters. The highest BCUT2D eigenvalue weighted by atomic mass is 15.2. The molecule has 3 N–H and O–H groups in total. The molecule has 0 fully saturated rings. The maximum absolute atomic E-state index is 5.86. The minimum atomic E-state index is 0.384. The third kappa shape index (κ3) is 4.60. The fraction of sp³-hybridized carbons (Fsp3) is 0.667. The van der Waals surface area contributed by atoms with Gasteiger partial charge in [-0.3, -0.25) is 11.3 Å². The molecule has 0 aliphatic rings. The van der Waals surface area contributed by atoms with Crippen LogP contribution in [0.25, 0.3) is 0 Å². The number of hydrogen-bond acceptors (Lipinski definition) is 2. The predicted molar refractivity (Wildman–Crippen MR) is 88.8 cm³/mol. The van der Waals surface area contributed by atoms with Gasteiger partial charge < -0.3 is 0 Å². The lowest BCUT2D eigenvalue weighted by atomic mass is 9.84. The first-order valence-corrected chi connectivity index (χ1v) is 8.06. The molecule has 1 rings (SSSR count). The van der Waals surface area contributed by atoms with Crippen LogP contribution in [0.3, 0.4) is 0 Å². The van der Waals surface area contributed by atoms with Crippen LogP contribution in [0.15, 0.2) is 12.1 Å². The van der Waals surface area contributed by atoms with Crippen molar-refractivity contribution in [1.29, 1.82) is 0 Å². The fourth-order valence-electron chi connectivity index (χ4n) is 3.40. The Bertz CT molecular complexity index is 383. The summed E-state index contributed by atoms with van der Waals surface area (Å²) in [5.74, 6) is 6.54. The van der Waals surface area contributed by atoms with Gasteiger partial charge in [0.15, 0.2) is 0 Å². The average Bonchev–Trinajstić information content (AvgIpc) is 2.38. The van der Waals surface area contributed by atoms with Crippen molar-refractivity contribution < 1.29 is 0 Å². The first-order chi connectivity index (χ1) is 9.53. The highest BCUT2D eigenvalue weighted by molar-refractivity contribution is 5.38. The van der Waals surface area contributed by atoms with Crippen molar-refractivity contribution in [2.24, 2.45) is 11.8 Å². The van der Waals surface area contributed by atoms with Gasteiger partial charge in [-0.15, -0.1) is 0 Å². The molecule has 1 aromatic rings. The normalized spacial score (nSPS) is 12.9. The van der Waals surface area contributed by atoms with E-state index in [9.17, 15) is 0 Å². The lowest BCUT2D eigenvalue weighted by Gasteiger charge is -2.27. The highest BCUT2D eigenvalue weighted by Crippen LogP contribution is 2.24. The van der Waals surface area contributed by atoms with Crippen LogP contribution >= 0.6 is 0 Å². The van der Waals surface area contributed by atoms with Gasteiger partial charge in [0.05, 0.1) is 0 Å². The van der Waals surface area contributed by atoms with Crippen LogP contribution in [0.5, 0.6) is 0 Å². The second kappa shape index (κ2) is 8.43. The minimum absolute atomic E-state index is 0.384. The third-order valence-corrected chi connectivity index (χ3v) is 4.37. The van der Waals surface area contributed by atoms with Crippen LogP contribution in [-0.2, 0) is 6.42 Å².